The Morgan fingerprint density at radius 3 is 2.57 bits per heavy atom. The Bertz CT molecular complexity index is 973. The van der Waals surface area contributed by atoms with E-state index in [-0.39, 0.29) is 23.9 Å². The number of hydrogen-bond acceptors (Lipinski definition) is 5. The minimum absolute atomic E-state index is 0.0811. The lowest BCUT2D eigenvalue weighted by Gasteiger charge is -2.36. The summed E-state index contributed by atoms with van der Waals surface area (Å²) in [6.45, 7) is 1.99. The van der Waals surface area contributed by atoms with Crippen molar-refractivity contribution in [3.8, 4) is 0 Å². The summed E-state index contributed by atoms with van der Waals surface area (Å²) in [4.78, 5) is 18.7. The molecule has 0 spiro atoms. The quantitative estimate of drug-likeness (QED) is 0.623. The van der Waals surface area contributed by atoms with Crippen molar-refractivity contribution < 1.29 is 4.79 Å². The molecule has 2 N–H and O–H groups in total. The first kappa shape index (κ1) is 18.8. The van der Waals surface area contributed by atoms with E-state index in [2.05, 4.69) is 45.0 Å². The molecule has 28 heavy (non-hydrogen) atoms. The summed E-state index contributed by atoms with van der Waals surface area (Å²) in [6, 6.07) is 15.0. The fourth-order valence-corrected chi connectivity index (χ4v) is 4.09. The molecule has 0 fully saturated rings. The monoisotopic (exact) mass is 413 g/mol. The van der Waals surface area contributed by atoms with Gasteiger partial charge in [-0.25, -0.2) is 4.68 Å². The first-order valence-electron chi connectivity index (χ1n) is 8.93. The molecular formula is C20H20ClN5OS. The van der Waals surface area contributed by atoms with Crippen LogP contribution in [0.15, 0.2) is 59.8 Å². The van der Waals surface area contributed by atoms with Crippen LogP contribution in [-0.2, 0) is 4.79 Å². The van der Waals surface area contributed by atoms with E-state index in [0.29, 0.717) is 16.7 Å². The SMILES string of the molecule is CSc1ccc([C@@H]2[C@@H](C(=O)Nc3ccc(Cl)cc3)[C@@H](C)Nc3ncnn32)cc1. The maximum atomic E-state index is 13.3. The summed E-state index contributed by atoms with van der Waals surface area (Å²) in [7, 11) is 0. The smallest absolute Gasteiger partial charge is 0.232 e. The highest BCUT2D eigenvalue weighted by Crippen LogP contribution is 2.37. The van der Waals surface area contributed by atoms with E-state index >= 15 is 0 Å². The Hall–Kier alpha value is -2.51. The predicted octanol–water partition coefficient (Wildman–Crippen LogP) is 4.31. The van der Waals surface area contributed by atoms with Crippen LogP contribution in [0.4, 0.5) is 11.6 Å². The zero-order chi connectivity index (χ0) is 19.7. The third kappa shape index (κ3) is 3.59. The second-order valence-corrected chi connectivity index (χ2v) is 8.02. The van der Waals surface area contributed by atoms with Gasteiger partial charge in [0, 0.05) is 21.6 Å². The van der Waals surface area contributed by atoms with Crippen molar-refractivity contribution in [2.24, 2.45) is 5.92 Å². The van der Waals surface area contributed by atoms with E-state index in [1.54, 1.807) is 40.7 Å². The van der Waals surface area contributed by atoms with Crippen LogP contribution in [0.25, 0.3) is 0 Å². The van der Waals surface area contributed by atoms with Crippen molar-refractivity contribution in [2.75, 3.05) is 16.9 Å². The first-order valence-corrected chi connectivity index (χ1v) is 10.5. The van der Waals surface area contributed by atoms with Gasteiger partial charge in [0.05, 0.1) is 12.0 Å². The zero-order valence-corrected chi connectivity index (χ0v) is 17.0. The highest BCUT2D eigenvalue weighted by atomic mass is 35.5. The molecule has 2 aromatic carbocycles. The normalized spacial score (nSPS) is 20.9. The zero-order valence-electron chi connectivity index (χ0n) is 15.5. The Morgan fingerprint density at radius 2 is 1.89 bits per heavy atom. The lowest BCUT2D eigenvalue weighted by atomic mass is 9.85. The fourth-order valence-electron chi connectivity index (χ4n) is 3.55. The molecule has 0 saturated heterocycles. The number of rotatable bonds is 4. The van der Waals surface area contributed by atoms with Crippen LogP contribution in [0, 0.1) is 5.92 Å². The van der Waals surface area contributed by atoms with Gasteiger partial charge >= 0.3 is 0 Å². The molecule has 1 aromatic heterocycles. The van der Waals surface area contributed by atoms with Gasteiger partial charge in [-0.05, 0) is 55.1 Å². The van der Waals surface area contributed by atoms with Crippen LogP contribution in [0.1, 0.15) is 18.5 Å². The van der Waals surface area contributed by atoms with Crippen molar-refractivity contribution in [3.63, 3.8) is 0 Å². The molecule has 4 rings (SSSR count). The number of anilines is 2. The molecule has 3 atom stereocenters. The summed E-state index contributed by atoms with van der Waals surface area (Å²) in [5.74, 6) is 0.217. The maximum Gasteiger partial charge on any atom is 0.232 e. The van der Waals surface area contributed by atoms with Crippen molar-refractivity contribution in [1.82, 2.24) is 14.8 Å². The average molecular weight is 414 g/mol. The average Bonchev–Trinajstić information content (AvgIpc) is 3.16. The van der Waals surface area contributed by atoms with Crippen LogP contribution >= 0.6 is 23.4 Å². The molecule has 6 nitrogen and oxygen atoms in total. The largest absolute Gasteiger partial charge is 0.351 e. The van der Waals surface area contributed by atoms with Crippen molar-refractivity contribution in [3.05, 3.63) is 65.4 Å². The third-order valence-corrected chi connectivity index (χ3v) is 5.94. The summed E-state index contributed by atoms with van der Waals surface area (Å²) in [5.41, 5.74) is 1.73. The minimum Gasteiger partial charge on any atom is -0.351 e. The molecular weight excluding hydrogens is 394 g/mol. The molecule has 0 unspecified atom stereocenters. The number of amides is 1. The van der Waals surface area contributed by atoms with E-state index in [0.717, 1.165) is 5.56 Å². The molecule has 3 aromatic rings. The molecule has 144 valence electrons. The van der Waals surface area contributed by atoms with Gasteiger partial charge in [-0.2, -0.15) is 10.1 Å². The molecule has 0 radical (unpaired) electrons. The number of carbonyl (C=O) groups is 1. The number of halogens is 1. The lowest BCUT2D eigenvalue weighted by Crippen LogP contribution is -2.46. The molecule has 0 saturated carbocycles. The van der Waals surface area contributed by atoms with Gasteiger partial charge < -0.3 is 10.6 Å². The number of nitrogens with one attached hydrogen (secondary N) is 2. The molecule has 2 heterocycles. The van der Waals surface area contributed by atoms with Crippen LogP contribution < -0.4 is 10.6 Å². The van der Waals surface area contributed by atoms with Crippen molar-refractivity contribution in [1.29, 1.82) is 0 Å². The Kier molecular flexibility index (Phi) is 5.28. The van der Waals surface area contributed by atoms with Gasteiger partial charge in [0.2, 0.25) is 11.9 Å². The lowest BCUT2D eigenvalue weighted by molar-refractivity contribution is -0.121. The molecule has 1 amide bonds. The molecule has 8 heteroatoms. The van der Waals surface area contributed by atoms with Gasteiger partial charge in [-0.15, -0.1) is 11.8 Å². The van der Waals surface area contributed by atoms with E-state index in [9.17, 15) is 4.79 Å². The predicted molar refractivity (Wildman–Crippen MR) is 113 cm³/mol. The van der Waals surface area contributed by atoms with Gasteiger partial charge in [-0.1, -0.05) is 23.7 Å². The number of thioether (sulfide) groups is 1. The van der Waals surface area contributed by atoms with E-state index in [4.69, 9.17) is 11.6 Å². The molecule has 1 aliphatic rings. The van der Waals surface area contributed by atoms with Crippen molar-refractivity contribution in [2.45, 2.75) is 23.9 Å². The Morgan fingerprint density at radius 1 is 1.18 bits per heavy atom. The van der Waals surface area contributed by atoms with Crippen LogP contribution in [0.3, 0.4) is 0 Å². The highest BCUT2D eigenvalue weighted by Gasteiger charge is 2.41. The Labute approximate surface area is 172 Å². The molecule has 0 aliphatic carbocycles. The Balaban J connectivity index is 1.70. The molecule has 1 aliphatic heterocycles. The van der Waals surface area contributed by atoms with E-state index < -0.39 is 0 Å². The van der Waals surface area contributed by atoms with Gasteiger partial charge in [0.15, 0.2) is 0 Å². The molecule has 0 bridgehead atoms. The van der Waals surface area contributed by atoms with Gasteiger partial charge in [0.25, 0.3) is 0 Å². The summed E-state index contributed by atoms with van der Waals surface area (Å²) in [6.07, 6.45) is 3.55. The van der Waals surface area contributed by atoms with Crippen LogP contribution in [0.5, 0.6) is 0 Å². The number of aromatic nitrogens is 3. The number of nitrogens with zero attached hydrogens (tertiary/aromatic N) is 3. The van der Waals surface area contributed by atoms with Gasteiger partial charge in [-0.3, -0.25) is 4.79 Å². The number of carbonyl (C=O) groups excluding carboxylic acids is 1. The topological polar surface area (TPSA) is 71.8 Å². The van der Waals surface area contributed by atoms with E-state index in [1.165, 1.54) is 11.2 Å². The second-order valence-electron chi connectivity index (χ2n) is 6.70. The number of fused-ring (bicyclic) bond motifs is 1. The first-order chi connectivity index (χ1) is 13.6. The summed E-state index contributed by atoms with van der Waals surface area (Å²) in [5, 5.41) is 11.3. The standard InChI is InChI=1S/C20H20ClN5OS/c1-12-17(19(27)25-15-7-5-14(21)6-8-15)18(26-20(24-12)22-11-23-26)13-3-9-16(28-2)10-4-13/h3-12,17-18H,1-2H3,(H,25,27)(H,22,23,24)/t12-,17+,18-/m1/s1. The van der Waals surface area contributed by atoms with Gasteiger partial charge in [0.1, 0.15) is 6.33 Å². The third-order valence-electron chi connectivity index (χ3n) is 4.94. The van der Waals surface area contributed by atoms with Crippen molar-refractivity contribution >= 4 is 40.9 Å². The number of hydrogen-bond donors (Lipinski definition) is 2. The fraction of sp³-hybridized carbons (Fsp3) is 0.250. The maximum absolute atomic E-state index is 13.3. The summed E-state index contributed by atoms with van der Waals surface area (Å²) < 4.78 is 1.79. The van der Waals surface area contributed by atoms with E-state index in [1.807, 2.05) is 13.2 Å². The number of benzene rings is 2. The van der Waals surface area contributed by atoms with Crippen LogP contribution in [-0.4, -0.2) is 33.0 Å². The highest BCUT2D eigenvalue weighted by molar-refractivity contribution is 7.98. The summed E-state index contributed by atoms with van der Waals surface area (Å²) >= 11 is 7.63. The van der Waals surface area contributed by atoms with Crippen LogP contribution in [0.2, 0.25) is 5.02 Å². The second kappa shape index (κ2) is 7.85. The minimum atomic E-state index is -0.370.